The zero-order valence-electron chi connectivity index (χ0n) is 12.5. The molecule has 3 rings (SSSR count). The van der Waals surface area contributed by atoms with E-state index in [0.29, 0.717) is 12.0 Å². The molecule has 1 aromatic carbocycles. The summed E-state index contributed by atoms with van der Waals surface area (Å²) in [7, 11) is 0. The monoisotopic (exact) mass is 273 g/mol. The zero-order chi connectivity index (χ0) is 13.9. The number of aliphatic hydroxyl groups is 1. The van der Waals surface area contributed by atoms with Crippen molar-refractivity contribution in [2.75, 3.05) is 6.54 Å². The van der Waals surface area contributed by atoms with Gasteiger partial charge in [-0.25, -0.2) is 0 Å². The molecule has 0 aromatic heterocycles. The van der Waals surface area contributed by atoms with E-state index in [2.05, 4.69) is 30.4 Å². The Morgan fingerprint density at radius 3 is 2.80 bits per heavy atom. The molecule has 0 radical (unpaired) electrons. The number of hydrogen-bond acceptors (Lipinski definition) is 2. The third-order valence-electron chi connectivity index (χ3n) is 5.16. The molecule has 0 aliphatic heterocycles. The Bertz CT molecular complexity index is 441. The Morgan fingerprint density at radius 2 is 2.05 bits per heavy atom. The summed E-state index contributed by atoms with van der Waals surface area (Å²) in [6.07, 6.45) is 7.13. The Kier molecular flexibility index (Phi) is 4.42. The summed E-state index contributed by atoms with van der Waals surface area (Å²) in [5.74, 6) is 1.35. The lowest BCUT2D eigenvalue weighted by Crippen LogP contribution is -2.33. The van der Waals surface area contributed by atoms with Gasteiger partial charge in [0.2, 0.25) is 0 Å². The molecule has 1 fully saturated rings. The summed E-state index contributed by atoms with van der Waals surface area (Å²) < 4.78 is 0. The SMILES string of the molecule is CCC(NCCC1CCc2ccccc2C1O)C1CC1. The molecular formula is C18H27NO. The highest BCUT2D eigenvalue weighted by molar-refractivity contribution is 5.31. The van der Waals surface area contributed by atoms with Crippen molar-refractivity contribution in [3.8, 4) is 0 Å². The van der Waals surface area contributed by atoms with Crippen LogP contribution in [-0.4, -0.2) is 17.7 Å². The highest BCUT2D eigenvalue weighted by Gasteiger charge is 2.30. The molecule has 2 aliphatic rings. The number of rotatable bonds is 6. The van der Waals surface area contributed by atoms with E-state index in [1.807, 2.05) is 6.07 Å². The average Bonchev–Trinajstić information content (AvgIpc) is 3.31. The van der Waals surface area contributed by atoms with Crippen LogP contribution in [-0.2, 0) is 6.42 Å². The van der Waals surface area contributed by atoms with Crippen LogP contribution in [0.1, 0.15) is 56.3 Å². The quantitative estimate of drug-likeness (QED) is 0.832. The van der Waals surface area contributed by atoms with E-state index < -0.39 is 0 Å². The third-order valence-corrected chi connectivity index (χ3v) is 5.16. The van der Waals surface area contributed by atoms with Gasteiger partial charge in [0, 0.05) is 6.04 Å². The summed E-state index contributed by atoms with van der Waals surface area (Å²) in [5, 5.41) is 14.2. The Labute approximate surface area is 122 Å². The second kappa shape index (κ2) is 6.28. The normalized spacial score (nSPS) is 27.1. The van der Waals surface area contributed by atoms with E-state index in [-0.39, 0.29) is 6.10 Å². The number of benzene rings is 1. The minimum Gasteiger partial charge on any atom is -0.388 e. The summed E-state index contributed by atoms with van der Waals surface area (Å²) in [5.41, 5.74) is 2.51. The van der Waals surface area contributed by atoms with Crippen LogP contribution in [0, 0.1) is 11.8 Å². The van der Waals surface area contributed by atoms with Crippen LogP contribution in [0.4, 0.5) is 0 Å². The maximum Gasteiger partial charge on any atom is 0.0821 e. The van der Waals surface area contributed by atoms with Crippen molar-refractivity contribution in [1.82, 2.24) is 5.32 Å². The molecule has 0 bridgehead atoms. The van der Waals surface area contributed by atoms with Crippen LogP contribution in [0.25, 0.3) is 0 Å². The fourth-order valence-electron chi connectivity index (χ4n) is 3.70. The van der Waals surface area contributed by atoms with E-state index in [1.165, 1.54) is 24.8 Å². The number of aryl methyl sites for hydroxylation is 1. The molecule has 3 atom stereocenters. The largest absolute Gasteiger partial charge is 0.388 e. The highest BCUT2D eigenvalue weighted by atomic mass is 16.3. The predicted octanol–water partition coefficient (Wildman–Crippen LogP) is 3.45. The summed E-state index contributed by atoms with van der Waals surface area (Å²) in [4.78, 5) is 0. The maximum absolute atomic E-state index is 10.5. The van der Waals surface area contributed by atoms with Gasteiger partial charge in [0.15, 0.2) is 0 Å². The minimum atomic E-state index is -0.261. The molecule has 3 unspecified atom stereocenters. The number of hydrogen-bond donors (Lipinski definition) is 2. The fraction of sp³-hybridized carbons (Fsp3) is 0.667. The predicted molar refractivity (Wildman–Crippen MR) is 82.6 cm³/mol. The van der Waals surface area contributed by atoms with Gasteiger partial charge in [-0.1, -0.05) is 31.2 Å². The van der Waals surface area contributed by atoms with Gasteiger partial charge in [-0.3, -0.25) is 0 Å². The first-order chi connectivity index (χ1) is 9.79. The number of aliphatic hydroxyl groups excluding tert-OH is 1. The van der Waals surface area contributed by atoms with Crippen molar-refractivity contribution in [3.63, 3.8) is 0 Å². The molecule has 2 heteroatoms. The van der Waals surface area contributed by atoms with Crippen molar-refractivity contribution < 1.29 is 5.11 Å². The fourth-order valence-corrected chi connectivity index (χ4v) is 3.70. The van der Waals surface area contributed by atoms with Crippen LogP contribution in [0.3, 0.4) is 0 Å². The van der Waals surface area contributed by atoms with Crippen molar-refractivity contribution in [3.05, 3.63) is 35.4 Å². The smallest absolute Gasteiger partial charge is 0.0821 e. The van der Waals surface area contributed by atoms with Crippen molar-refractivity contribution in [1.29, 1.82) is 0 Å². The zero-order valence-corrected chi connectivity index (χ0v) is 12.5. The highest BCUT2D eigenvalue weighted by Crippen LogP contribution is 2.36. The summed E-state index contributed by atoms with van der Waals surface area (Å²) in [6, 6.07) is 9.09. The van der Waals surface area contributed by atoms with E-state index in [0.717, 1.165) is 37.3 Å². The lowest BCUT2D eigenvalue weighted by molar-refractivity contribution is 0.0878. The van der Waals surface area contributed by atoms with Crippen LogP contribution in [0.15, 0.2) is 24.3 Å². The van der Waals surface area contributed by atoms with Gasteiger partial charge >= 0.3 is 0 Å². The van der Waals surface area contributed by atoms with E-state index in [9.17, 15) is 5.11 Å². The molecule has 2 N–H and O–H groups in total. The molecule has 20 heavy (non-hydrogen) atoms. The molecule has 1 aromatic rings. The Morgan fingerprint density at radius 1 is 1.25 bits per heavy atom. The van der Waals surface area contributed by atoms with Crippen molar-refractivity contribution in [2.45, 2.75) is 57.6 Å². The van der Waals surface area contributed by atoms with Crippen molar-refractivity contribution >= 4 is 0 Å². The lowest BCUT2D eigenvalue weighted by atomic mass is 9.80. The summed E-state index contributed by atoms with van der Waals surface area (Å²) in [6.45, 7) is 3.33. The summed E-state index contributed by atoms with van der Waals surface area (Å²) >= 11 is 0. The Balaban J connectivity index is 1.51. The molecule has 0 heterocycles. The van der Waals surface area contributed by atoms with Gasteiger partial charge in [-0.15, -0.1) is 0 Å². The molecule has 0 amide bonds. The van der Waals surface area contributed by atoms with Crippen LogP contribution in [0.2, 0.25) is 0 Å². The van der Waals surface area contributed by atoms with Gasteiger partial charge in [0.05, 0.1) is 6.10 Å². The van der Waals surface area contributed by atoms with Gasteiger partial charge in [-0.05, 0) is 68.0 Å². The van der Waals surface area contributed by atoms with Crippen LogP contribution < -0.4 is 5.32 Å². The number of nitrogens with one attached hydrogen (secondary N) is 1. The van der Waals surface area contributed by atoms with E-state index >= 15 is 0 Å². The average molecular weight is 273 g/mol. The van der Waals surface area contributed by atoms with E-state index in [1.54, 1.807) is 0 Å². The minimum absolute atomic E-state index is 0.261. The van der Waals surface area contributed by atoms with Gasteiger partial charge < -0.3 is 10.4 Å². The topological polar surface area (TPSA) is 32.3 Å². The van der Waals surface area contributed by atoms with Crippen LogP contribution in [0.5, 0.6) is 0 Å². The first-order valence-corrected chi connectivity index (χ1v) is 8.29. The molecular weight excluding hydrogens is 246 g/mol. The third kappa shape index (κ3) is 3.07. The molecule has 2 nitrogen and oxygen atoms in total. The van der Waals surface area contributed by atoms with Crippen molar-refractivity contribution in [2.24, 2.45) is 11.8 Å². The maximum atomic E-state index is 10.5. The molecule has 0 spiro atoms. The number of fused-ring (bicyclic) bond motifs is 1. The standard InChI is InChI=1S/C18H27NO/c1-2-17(14-8-9-14)19-12-11-15-10-7-13-5-3-4-6-16(13)18(15)20/h3-6,14-15,17-20H,2,7-12H2,1H3. The van der Waals surface area contributed by atoms with Gasteiger partial charge in [0.25, 0.3) is 0 Å². The van der Waals surface area contributed by atoms with Gasteiger partial charge in [0.1, 0.15) is 0 Å². The second-order valence-corrected chi connectivity index (χ2v) is 6.54. The Hall–Kier alpha value is -0.860. The molecule has 110 valence electrons. The van der Waals surface area contributed by atoms with E-state index in [4.69, 9.17) is 0 Å². The second-order valence-electron chi connectivity index (χ2n) is 6.54. The lowest BCUT2D eigenvalue weighted by Gasteiger charge is -2.30. The first-order valence-electron chi connectivity index (χ1n) is 8.29. The molecule has 1 saturated carbocycles. The van der Waals surface area contributed by atoms with Gasteiger partial charge in [-0.2, -0.15) is 0 Å². The first kappa shape index (κ1) is 14.1. The molecule has 0 saturated heterocycles. The molecule has 2 aliphatic carbocycles. The van der Waals surface area contributed by atoms with Crippen LogP contribution >= 0.6 is 0 Å².